The van der Waals surface area contributed by atoms with E-state index in [1.54, 1.807) is 6.07 Å². The maximum Gasteiger partial charge on any atom is 0.228 e. The fourth-order valence-corrected chi connectivity index (χ4v) is 2.66. The first-order valence-corrected chi connectivity index (χ1v) is 8.00. The number of halogens is 2. The number of carbonyl (C=O) groups is 2. The summed E-state index contributed by atoms with van der Waals surface area (Å²) in [6.07, 6.45) is 0.360. The molecule has 0 spiro atoms. The van der Waals surface area contributed by atoms with Gasteiger partial charge in [-0.15, -0.1) is 0 Å². The van der Waals surface area contributed by atoms with E-state index in [0.717, 1.165) is 23.3 Å². The molecule has 0 bridgehead atoms. The first kappa shape index (κ1) is 17.1. The van der Waals surface area contributed by atoms with Crippen molar-refractivity contribution < 1.29 is 18.4 Å². The minimum atomic E-state index is -0.842. The Kier molecular flexibility index (Phi) is 4.53. The van der Waals surface area contributed by atoms with Gasteiger partial charge in [-0.25, -0.2) is 8.78 Å². The van der Waals surface area contributed by atoms with Crippen LogP contribution in [0.4, 0.5) is 20.2 Å². The van der Waals surface area contributed by atoms with Crippen LogP contribution in [0, 0.1) is 37.3 Å². The van der Waals surface area contributed by atoms with Crippen LogP contribution < -0.4 is 10.6 Å². The molecule has 2 aromatic carbocycles. The maximum atomic E-state index is 13.6. The SMILES string of the molecule is Cc1ccc(NC(=O)C2CC2C(=O)Nc2c(F)cccc2F)cc1C. The molecule has 1 aliphatic rings. The van der Waals surface area contributed by atoms with E-state index < -0.39 is 35.1 Å². The van der Waals surface area contributed by atoms with Crippen molar-refractivity contribution in [1.82, 2.24) is 0 Å². The van der Waals surface area contributed by atoms with E-state index in [9.17, 15) is 18.4 Å². The first-order chi connectivity index (χ1) is 11.9. The summed E-state index contributed by atoms with van der Waals surface area (Å²) >= 11 is 0. The first-order valence-electron chi connectivity index (χ1n) is 8.00. The number of para-hydroxylation sites is 1. The predicted molar refractivity (Wildman–Crippen MR) is 91.1 cm³/mol. The molecular weight excluding hydrogens is 326 g/mol. The lowest BCUT2D eigenvalue weighted by atomic mass is 10.1. The van der Waals surface area contributed by atoms with Gasteiger partial charge in [0.15, 0.2) is 0 Å². The fourth-order valence-electron chi connectivity index (χ4n) is 2.66. The largest absolute Gasteiger partial charge is 0.326 e. The van der Waals surface area contributed by atoms with Crippen LogP contribution in [0.25, 0.3) is 0 Å². The summed E-state index contributed by atoms with van der Waals surface area (Å²) in [5, 5.41) is 5.01. The van der Waals surface area contributed by atoms with Crippen LogP contribution in [-0.2, 0) is 9.59 Å². The zero-order chi connectivity index (χ0) is 18.1. The van der Waals surface area contributed by atoms with Crippen LogP contribution in [0.5, 0.6) is 0 Å². The van der Waals surface area contributed by atoms with Crippen molar-refractivity contribution >= 4 is 23.2 Å². The minimum Gasteiger partial charge on any atom is -0.326 e. The van der Waals surface area contributed by atoms with E-state index in [2.05, 4.69) is 10.6 Å². The Balaban J connectivity index is 1.60. The van der Waals surface area contributed by atoms with E-state index in [1.165, 1.54) is 6.07 Å². The molecule has 2 unspecified atom stereocenters. The Morgan fingerprint density at radius 3 is 2.12 bits per heavy atom. The highest BCUT2D eigenvalue weighted by molar-refractivity contribution is 6.03. The van der Waals surface area contributed by atoms with Crippen LogP contribution >= 0.6 is 0 Å². The van der Waals surface area contributed by atoms with Crippen LogP contribution in [0.1, 0.15) is 17.5 Å². The number of carbonyl (C=O) groups excluding carboxylic acids is 2. The smallest absolute Gasteiger partial charge is 0.228 e. The summed E-state index contributed by atoms with van der Waals surface area (Å²) in [5.74, 6) is -3.57. The highest BCUT2D eigenvalue weighted by Gasteiger charge is 2.48. The van der Waals surface area contributed by atoms with Crippen molar-refractivity contribution in [2.24, 2.45) is 11.8 Å². The monoisotopic (exact) mass is 344 g/mol. The molecule has 0 aromatic heterocycles. The lowest BCUT2D eigenvalue weighted by molar-refractivity contribution is -0.122. The average molecular weight is 344 g/mol. The second kappa shape index (κ2) is 6.63. The number of amides is 2. The molecule has 2 aromatic rings. The molecule has 0 saturated heterocycles. The highest BCUT2D eigenvalue weighted by atomic mass is 19.1. The molecule has 6 heteroatoms. The lowest BCUT2D eigenvalue weighted by Crippen LogP contribution is -2.21. The second-order valence-electron chi connectivity index (χ2n) is 6.32. The molecule has 1 aliphatic carbocycles. The van der Waals surface area contributed by atoms with Crippen molar-refractivity contribution in [1.29, 1.82) is 0 Å². The van der Waals surface area contributed by atoms with E-state index in [0.29, 0.717) is 12.1 Å². The van der Waals surface area contributed by atoms with E-state index in [1.807, 2.05) is 26.0 Å². The predicted octanol–water partition coefficient (Wildman–Crippen LogP) is 3.79. The normalized spacial score (nSPS) is 18.6. The Morgan fingerprint density at radius 1 is 0.920 bits per heavy atom. The molecule has 2 N–H and O–H groups in total. The van der Waals surface area contributed by atoms with Gasteiger partial charge in [-0.2, -0.15) is 0 Å². The summed E-state index contributed by atoms with van der Waals surface area (Å²) in [6.45, 7) is 3.92. The maximum absolute atomic E-state index is 13.6. The molecule has 4 nitrogen and oxygen atoms in total. The number of rotatable bonds is 4. The second-order valence-corrected chi connectivity index (χ2v) is 6.32. The molecular formula is C19H18F2N2O2. The zero-order valence-electron chi connectivity index (χ0n) is 13.9. The minimum absolute atomic E-state index is 0.266. The summed E-state index contributed by atoms with van der Waals surface area (Å²) < 4.78 is 27.1. The van der Waals surface area contributed by atoms with Gasteiger partial charge in [0.1, 0.15) is 17.3 Å². The van der Waals surface area contributed by atoms with Crippen LogP contribution in [-0.4, -0.2) is 11.8 Å². The Morgan fingerprint density at radius 2 is 1.52 bits per heavy atom. The van der Waals surface area contributed by atoms with Crippen LogP contribution in [0.3, 0.4) is 0 Å². The number of aryl methyl sites for hydroxylation is 2. The van der Waals surface area contributed by atoms with Gasteiger partial charge < -0.3 is 10.6 Å². The van der Waals surface area contributed by atoms with Gasteiger partial charge in [-0.05, 0) is 55.7 Å². The van der Waals surface area contributed by atoms with Gasteiger partial charge in [0.25, 0.3) is 0 Å². The molecule has 2 amide bonds. The third-order valence-electron chi connectivity index (χ3n) is 4.45. The Hall–Kier alpha value is -2.76. The number of benzene rings is 2. The molecule has 0 heterocycles. The van der Waals surface area contributed by atoms with Gasteiger partial charge in [-0.1, -0.05) is 12.1 Å². The number of nitrogens with one attached hydrogen (secondary N) is 2. The van der Waals surface area contributed by atoms with Gasteiger partial charge in [0.2, 0.25) is 11.8 Å². The molecule has 1 saturated carbocycles. The average Bonchev–Trinajstić information content (AvgIpc) is 3.35. The third-order valence-corrected chi connectivity index (χ3v) is 4.45. The van der Waals surface area contributed by atoms with E-state index in [4.69, 9.17) is 0 Å². The van der Waals surface area contributed by atoms with Crippen LogP contribution in [0.15, 0.2) is 36.4 Å². The molecule has 25 heavy (non-hydrogen) atoms. The molecule has 130 valence electrons. The van der Waals surface area contributed by atoms with Crippen molar-refractivity contribution in [2.45, 2.75) is 20.3 Å². The van der Waals surface area contributed by atoms with Crippen molar-refractivity contribution in [3.63, 3.8) is 0 Å². The van der Waals surface area contributed by atoms with Gasteiger partial charge in [-0.3, -0.25) is 9.59 Å². The molecule has 0 aliphatic heterocycles. The molecule has 3 rings (SSSR count). The highest BCUT2D eigenvalue weighted by Crippen LogP contribution is 2.40. The number of anilines is 2. The topological polar surface area (TPSA) is 58.2 Å². The quantitative estimate of drug-likeness (QED) is 0.886. The van der Waals surface area contributed by atoms with Gasteiger partial charge in [0, 0.05) is 5.69 Å². The zero-order valence-corrected chi connectivity index (χ0v) is 13.9. The molecule has 2 atom stereocenters. The Labute approximate surface area is 144 Å². The van der Waals surface area contributed by atoms with Crippen molar-refractivity contribution in [3.05, 3.63) is 59.2 Å². The van der Waals surface area contributed by atoms with Gasteiger partial charge >= 0.3 is 0 Å². The summed E-state index contributed by atoms with van der Waals surface area (Å²) in [6, 6.07) is 8.91. The van der Waals surface area contributed by atoms with E-state index >= 15 is 0 Å². The van der Waals surface area contributed by atoms with Crippen molar-refractivity contribution in [3.8, 4) is 0 Å². The third kappa shape index (κ3) is 3.68. The Bertz CT molecular complexity index is 831. The molecule has 1 fully saturated rings. The summed E-state index contributed by atoms with van der Waals surface area (Å²) in [5.41, 5.74) is 2.36. The lowest BCUT2D eigenvalue weighted by Gasteiger charge is -2.09. The van der Waals surface area contributed by atoms with E-state index in [-0.39, 0.29) is 5.91 Å². The standard InChI is InChI=1S/C19H18F2N2O2/c1-10-6-7-12(8-11(10)2)22-18(24)13-9-14(13)19(25)23-17-15(20)4-3-5-16(17)21/h3-8,13-14H,9H2,1-2H3,(H,22,24)(H,23,25). The summed E-state index contributed by atoms with van der Waals surface area (Å²) in [7, 11) is 0. The number of hydrogen-bond acceptors (Lipinski definition) is 2. The number of hydrogen-bond donors (Lipinski definition) is 2. The van der Waals surface area contributed by atoms with Crippen LogP contribution in [0.2, 0.25) is 0 Å². The van der Waals surface area contributed by atoms with Crippen molar-refractivity contribution in [2.75, 3.05) is 10.6 Å². The fraction of sp³-hybridized carbons (Fsp3) is 0.263. The summed E-state index contributed by atoms with van der Waals surface area (Å²) in [4.78, 5) is 24.4. The molecule has 0 radical (unpaired) electrons. The van der Waals surface area contributed by atoms with Gasteiger partial charge in [0.05, 0.1) is 11.8 Å².